The molecule has 3 aromatic rings. The van der Waals surface area contributed by atoms with E-state index in [9.17, 15) is 77.0 Å². The highest BCUT2D eigenvalue weighted by Crippen LogP contribution is 2.61. The number of imide groups is 2. The number of nitrogens with zero attached hydrogens (tertiary/aromatic N) is 2. The Bertz CT molecular complexity index is 2270. The molecular weight excluding hydrogens is 824 g/mol. The number of aromatic hydroxyl groups is 1. The zero-order chi connectivity index (χ0) is 43.5. The van der Waals surface area contributed by atoms with Crippen molar-refractivity contribution in [1.82, 2.24) is 0 Å². The number of alkyl halides is 12. The molecule has 2 saturated heterocycles. The first-order valence-corrected chi connectivity index (χ1v) is 17.3. The van der Waals surface area contributed by atoms with Crippen LogP contribution in [0.25, 0.3) is 0 Å². The quantitative estimate of drug-likeness (QED) is 0.156. The van der Waals surface area contributed by atoms with Crippen molar-refractivity contribution in [2.24, 2.45) is 29.6 Å². The van der Waals surface area contributed by atoms with Crippen molar-refractivity contribution in [3.05, 3.63) is 88.0 Å². The summed E-state index contributed by atoms with van der Waals surface area (Å²) >= 11 is 0. The number of phenolic OH excluding ortho intramolecular Hbond substituents is 1. The number of phenols is 1. The number of fused-ring (bicyclic) bond motifs is 4. The van der Waals surface area contributed by atoms with Gasteiger partial charge >= 0.3 is 24.7 Å². The monoisotopic (exact) mass is 850 g/mol. The minimum atomic E-state index is -5.39. The van der Waals surface area contributed by atoms with Gasteiger partial charge in [-0.1, -0.05) is 11.6 Å². The van der Waals surface area contributed by atoms with Gasteiger partial charge in [-0.15, -0.1) is 0 Å². The van der Waals surface area contributed by atoms with Crippen LogP contribution in [0.3, 0.4) is 0 Å². The van der Waals surface area contributed by atoms with E-state index in [0.29, 0.717) is 0 Å². The molecule has 2 heterocycles. The van der Waals surface area contributed by atoms with Crippen LogP contribution in [-0.2, 0) is 43.9 Å². The van der Waals surface area contributed by atoms with Crippen molar-refractivity contribution in [3.8, 4) is 17.2 Å². The van der Waals surface area contributed by atoms with E-state index in [1.807, 2.05) is 0 Å². The molecule has 3 aromatic carbocycles. The fraction of sp³-hybridized carbons (Fsp3) is 0.368. The van der Waals surface area contributed by atoms with Gasteiger partial charge in [0.05, 0.1) is 71.5 Å². The van der Waals surface area contributed by atoms with Crippen molar-refractivity contribution in [2.75, 3.05) is 24.0 Å². The smallest absolute Gasteiger partial charge is 0.416 e. The Hall–Kier alpha value is -5.76. The lowest BCUT2D eigenvalue weighted by Crippen LogP contribution is -2.43. The maximum atomic E-state index is 14.4. The molecule has 1 saturated carbocycles. The lowest BCUT2D eigenvalue weighted by Gasteiger charge is -2.44. The first-order chi connectivity index (χ1) is 27.3. The normalized spacial score (nSPS) is 24.9. The number of allylic oxidation sites excluding steroid dienone is 2. The SMILES string of the molecule is COc1cc(O)c([C@H]2C3=CC[C@@H]4C(=O)N(c5cc(C(F)(F)F)cc(C(F)(F)F)c5)C(=O)[C@@H]4[C@@H]3C[C@H]3C(=O)N(c4cc(C(F)(F)F)cc(C(F)(F)F)c4)C(=O)[C@@H]23)c(OC)c1. The summed E-state index contributed by atoms with van der Waals surface area (Å²) in [5.41, 5.74) is -9.77. The molecule has 21 heteroatoms. The van der Waals surface area contributed by atoms with Gasteiger partial charge in [-0.3, -0.25) is 19.2 Å². The highest BCUT2D eigenvalue weighted by Gasteiger charge is 2.63. The van der Waals surface area contributed by atoms with E-state index < -0.39 is 136 Å². The Balaban J connectivity index is 1.39. The summed E-state index contributed by atoms with van der Waals surface area (Å²) in [5, 5.41) is 11.4. The fourth-order valence-corrected chi connectivity index (χ4v) is 8.74. The molecule has 6 atom stereocenters. The molecule has 2 aliphatic heterocycles. The molecule has 1 N–H and O–H groups in total. The van der Waals surface area contributed by atoms with Gasteiger partial charge in [0.15, 0.2) is 0 Å². The number of rotatable bonds is 5. The summed E-state index contributed by atoms with van der Waals surface area (Å²) < 4.78 is 177. The number of amides is 4. The second kappa shape index (κ2) is 13.7. The van der Waals surface area contributed by atoms with E-state index >= 15 is 0 Å². The highest BCUT2D eigenvalue weighted by molar-refractivity contribution is 6.24. The third-order valence-electron chi connectivity index (χ3n) is 11.2. The number of carbonyl (C=O) groups excluding carboxylic acids is 4. The van der Waals surface area contributed by atoms with Crippen molar-refractivity contribution in [3.63, 3.8) is 0 Å². The Morgan fingerprint density at radius 1 is 0.559 bits per heavy atom. The summed E-state index contributed by atoms with van der Waals surface area (Å²) in [7, 11) is 2.33. The van der Waals surface area contributed by atoms with Gasteiger partial charge in [-0.05, 0) is 55.2 Å². The molecule has 314 valence electrons. The maximum absolute atomic E-state index is 14.4. The minimum absolute atomic E-state index is 0.00434. The van der Waals surface area contributed by atoms with E-state index in [4.69, 9.17) is 9.47 Å². The Morgan fingerprint density at radius 3 is 1.42 bits per heavy atom. The molecule has 0 spiro atoms. The van der Waals surface area contributed by atoms with Crippen LogP contribution in [0.4, 0.5) is 64.1 Å². The number of hydrogen-bond donors (Lipinski definition) is 1. The number of methoxy groups -OCH3 is 2. The van der Waals surface area contributed by atoms with Gasteiger partial charge in [-0.2, -0.15) is 52.7 Å². The summed E-state index contributed by atoms with van der Waals surface area (Å²) in [5.74, 6) is -15.4. The topological polar surface area (TPSA) is 113 Å². The van der Waals surface area contributed by atoms with Crippen LogP contribution in [0, 0.1) is 29.6 Å². The molecule has 9 nitrogen and oxygen atoms in total. The Labute approximate surface area is 323 Å². The summed E-state index contributed by atoms with van der Waals surface area (Å²) in [4.78, 5) is 57.1. The second-order valence-electron chi connectivity index (χ2n) is 14.3. The molecule has 0 radical (unpaired) electrons. The molecule has 59 heavy (non-hydrogen) atoms. The van der Waals surface area contributed by atoms with Crippen LogP contribution in [-0.4, -0.2) is 43.0 Å². The lowest BCUT2D eigenvalue weighted by molar-refractivity contribution is -0.144. The predicted molar refractivity (Wildman–Crippen MR) is 177 cm³/mol. The largest absolute Gasteiger partial charge is 0.507 e. The number of anilines is 2. The summed E-state index contributed by atoms with van der Waals surface area (Å²) in [6.07, 6.45) is -21.2. The molecule has 4 aliphatic rings. The van der Waals surface area contributed by atoms with Gasteiger partial charge in [0.1, 0.15) is 17.2 Å². The van der Waals surface area contributed by atoms with Crippen LogP contribution >= 0.6 is 0 Å². The van der Waals surface area contributed by atoms with Crippen molar-refractivity contribution in [2.45, 2.75) is 43.5 Å². The van der Waals surface area contributed by atoms with E-state index in [2.05, 4.69) is 0 Å². The summed E-state index contributed by atoms with van der Waals surface area (Å²) in [6.45, 7) is 0. The maximum Gasteiger partial charge on any atom is 0.416 e. The molecule has 0 unspecified atom stereocenters. The summed E-state index contributed by atoms with van der Waals surface area (Å²) in [6, 6.07) is 2.54. The molecular formula is C38H26F12N2O7. The number of halogens is 12. The average Bonchev–Trinajstić information content (AvgIpc) is 3.55. The van der Waals surface area contributed by atoms with Gasteiger partial charge in [0, 0.05) is 23.6 Å². The average molecular weight is 851 g/mol. The van der Waals surface area contributed by atoms with Crippen LogP contribution in [0.15, 0.2) is 60.2 Å². The number of hydrogen-bond acceptors (Lipinski definition) is 7. The zero-order valence-corrected chi connectivity index (χ0v) is 29.9. The molecule has 2 aliphatic carbocycles. The Morgan fingerprint density at radius 2 is 1.00 bits per heavy atom. The molecule has 3 fully saturated rings. The molecule has 0 aromatic heterocycles. The fourth-order valence-electron chi connectivity index (χ4n) is 8.74. The van der Waals surface area contributed by atoms with Crippen LogP contribution in [0.2, 0.25) is 0 Å². The predicted octanol–water partition coefficient (Wildman–Crippen LogP) is 8.53. The van der Waals surface area contributed by atoms with Gasteiger partial charge < -0.3 is 14.6 Å². The zero-order valence-electron chi connectivity index (χ0n) is 29.9. The number of ether oxygens (including phenoxy) is 2. The second-order valence-corrected chi connectivity index (χ2v) is 14.3. The van der Waals surface area contributed by atoms with Crippen LogP contribution in [0.5, 0.6) is 17.2 Å². The first-order valence-electron chi connectivity index (χ1n) is 17.3. The van der Waals surface area contributed by atoms with E-state index in [1.165, 1.54) is 19.3 Å². The lowest BCUT2D eigenvalue weighted by atomic mass is 9.57. The van der Waals surface area contributed by atoms with Gasteiger partial charge in [0.25, 0.3) is 0 Å². The van der Waals surface area contributed by atoms with E-state index in [0.717, 1.165) is 13.2 Å². The minimum Gasteiger partial charge on any atom is -0.507 e. The standard InChI is InChI=1S/C38H26F12N2O7/c1-58-20-11-25(53)30(26(12-20)59-2)28-21-3-4-22-27(33(56)51(31(22)54)18-7-14(35(39,40)41)5-15(8-18)36(42,43)44)23(21)13-24-29(28)34(57)52(32(24)55)19-9-16(37(45,46)47)6-17(10-19)38(48,49)50/h3,5-12,22-24,27-29,53H,4,13H2,1-2H3/t22-,23+,24+,27-,28-,29+/m0/s1. The van der Waals surface area contributed by atoms with Crippen LogP contribution in [0.1, 0.15) is 46.6 Å². The van der Waals surface area contributed by atoms with Crippen molar-refractivity contribution >= 4 is 35.0 Å². The number of benzene rings is 3. The molecule has 0 bridgehead atoms. The Kier molecular flexibility index (Phi) is 9.58. The van der Waals surface area contributed by atoms with E-state index in [1.54, 1.807) is 0 Å². The number of carbonyl (C=O) groups is 4. The van der Waals surface area contributed by atoms with Crippen molar-refractivity contribution < 1.29 is 86.4 Å². The first kappa shape index (κ1) is 41.4. The van der Waals surface area contributed by atoms with Crippen LogP contribution < -0.4 is 19.3 Å². The third kappa shape index (κ3) is 6.80. The molecule has 7 rings (SSSR count). The van der Waals surface area contributed by atoms with Gasteiger partial charge in [0.2, 0.25) is 23.6 Å². The third-order valence-corrected chi connectivity index (χ3v) is 11.2. The van der Waals surface area contributed by atoms with Gasteiger partial charge in [-0.25, -0.2) is 9.80 Å². The molecule has 4 amide bonds. The van der Waals surface area contributed by atoms with Crippen molar-refractivity contribution in [1.29, 1.82) is 0 Å². The van der Waals surface area contributed by atoms with E-state index in [-0.39, 0.29) is 68.8 Å². The highest BCUT2D eigenvalue weighted by atomic mass is 19.4.